The average molecular weight is 458 g/mol. The van der Waals surface area contributed by atoms with Crippen LogP contribution in [0.15, 0.2) is 34.6 Å². The number of benzene rings is 1. The van der Waals surface area contributed by atoms with E-state index in [-0.39, 0.29) is 24.0 Å². The summed E-state index contributed by atoms with van der Waals surface area (Å²) in [6, 6.07) is 8.55. The smallest absolute Gasteiger partial charge is 0.191 e. The van der Waals surface area contributed by atoms with Crippen molar-refractivity contribution in [3.8, 4) is 0 Å². The maximum atomic E-state index is 4.49. The van der Waals surface area contributed by atoms with E-state index >= 15 is 0 Å². The highest BCUT2D eigenvalue weighted by atomic mass is 127. The number of aliphatic imine (C=N–C) groups is 1. The molecule has 2 N–H and O–H groups in total. The number of nitrogens with zero attached hydrogens (tertiary/aromatic N) is 2. The van der Waals surface area contributed by atoms with Crippen LogP contribution >= 0.6 is 35.3 Å². The Morgan fingerprint density at radius 3 is 2.50 bits per heavy atom. The molecule has 0 bridgehead atoms. The van der Waals surface area contributed by atoms with Gasteiger partial charge in [-0.2, -0.15) is 0 Å². The molecule has 132 valence electrons. The van der Waals surface area contributed by atoms with Crippen molar-refractivity contribution < 1.29 is 0 Å². The molecule has 24 heavy (non-hydrogen) atoms. The van der Waals surface area contributed by atoms with E-state index in [1.54, 1.807) is 11.3 Å². The van der Waals surface area contributed by atoms with Gasteiger partial charge in [-0.3, -0.25) is 4.99 Å². The van der Waals surface area contributed by atoms with Crippen LogP contribution < -0.4 is 10.6 Å². The fraction of sp³-hybridized carbons (Fsp3) is 0.444. The van der Waals surface area contributed by atoms with Gasteiger partial charge in [-0.1, -0.05) is 29.8 Å². The van der Waals surface area contributed by atoms with E-state index in [1.165, 1.54) is 16.1 Å². The molecule has 0 atom stereocenters. The molecule has 2 aromatic rings. The minimum atomic E-state index is 0. The first kappa shape index (κ1) is 20.9. The molecule has 1 aromatic carbocycles. The fourth-order valence-corrected chi connectivity index (χ4v) is 3.06. The normalized spacial score (nSPS) is 11.0. The molecule has 0 fully saturated rings. The lowest BCUT2D eigenvalue weighted by Gasteiger charge is -2.12. The number of aryl methyl sites for hydroxylation is 3. The number of unbranched alkanes of at least 4 members (excludes halogenated alkanes) is 1. The number of hydrogen-bond acceptors (Lipinski definition) is 3. The standard InChI is InChI=1S/C18H26N4S.HI/c1-14-7-9-16(10-8-14)12-21-18(19-3)20-11-5-4-6-17-22-15(2)13-23-17;/h7-10,13H,4-6,11-12H2,1-3H3,(H2,19,20,21);1H. The van der Waals surface area contributed by atoms with Crippen molar-refractivity contribution in [2.45, 2.75) is 39.7 Å². The molecule has 2 rings (SSSR count). The maximum Gasteiger partial charge on any atom is 0.191 e. The molecular weight excluding hydrogens is 431 g/mol. The zero-order valence-corrected chi connectivity index (χ0v) is 17.8. The van der Waals surface area contributed by atoms with E-state index in [1.807, 2.05) is 14.0 Å². The summed E-state index contributed by atoms with van der Waals surface area (Å²) in [5, 5.41) is 10.1. The molecule has 0 amide bonds. The molecule has 0 aliphatic rings. The lowest BCUT2D eigenvalue weighted by molar-refractivity contribution is 0.692. The predicted molar refractivity (Wildman–Crippen MR) is 115 cm³/mol. The van der Waals surface area contributed by atoms with E-state index < -0.39 is 0 Å². The van der Waals surface area contributed by atoms with Gasteiger partial charge in [0.2, 0.25) is 0 Å². The second-order valence-electron chi connectivity index (χ2n) is 5.68. The summed E-state index contributed by atoms with van der Waals surface area (Å²) >= 11 is 1.76. The predicted octanol–water partition coefficient (Wildman–Crippen LogP) is 4.07. The Labute approximate surface area is 166 Å². The summed E-state index contributed by atoms with van der Waals surface area (Å²) in [7, 11) is 1.81. The quantitative estimate of drug-likeness (QED) is 0.285. The Bertz CT molecular complexity index is 622. The lowest BCUT2D eigenvalue weighted by atomic mass is 10.1. The van der Waals surface area contributed by atoms with Gasteiger partial charge in [-0.15, -0.1) is 35.3 Å². The van der Waals surface area contributed by atoms with Crippen LogP contribution in [0.3, 0.4) is 0 Å². The van der Waals surface area contributed by atoms with E-state index in [2.05, 4.69) is 57.2 Å². The Morgan fingerprint density at radius 1 is 1.12 bits per heavy atom. The van der Waals surface area contributed by atoms with E-state index in [9.17, 15) is 0 Å². The molecule has 0 unspecified atom stereocenters. The van der Waals surface area contributed by atoms with E-state index in [0.717, 1.165) is 44.0 Å². The van der Waals surface area contributed by atoms with Crippen molar-refractivity contribution in [3.05, 3.63) is 51.5 Å². The molecule has 4 nitrogen and oxygen atoms in total. The van der Waals surface area contributed by atoms with Crippen LogP contribution in [0.25, 0.3) is 0 Å². The first-order valence-electron chi connectivity index (χ1n) is 8.08. The average Bonchev–Trinajstić information content (AvgIpc) is 2.97. The molecule has 1 heterocycles. The molecule has 0 saturated heterocycles. The zero-order valence-electron chi connectivity index (χ0n) is 14.6. The number of halogens is 1. The third kappa shape index (κ3) is 7.61. The number of thiazole rings is 1. The summed E-state index contributed by atoms with van der Waals surface area (Å²) in [6.45, 7) is 5.87. The van der Waals surface area contributed by atoms with E-state index in [0.29, 0.717) is 0 Å². The minimum Gasteiger partial charge on any atom is -0.356 e. The summed E-state index contributed by atoms with van der Waals surface area (Å²) in [5.74, 6) is 0.857. The fourth-order valence-electron chi connectivity index (χ4n) is 2.24. The van der Waals surface area contributed by atoms with Crippen molar-refractivity contribution in [3.63, 3.8) is 0 Å². The van der Waals surface area contributed by atoms with Gasteiger partial charge in [0.25, 0.3) is 0 Å². The van der Waals surface area contributed by atoms with Crippen molar-refractivity contribution in [2.24, 2.45) is 4.99 Å². The number of guanidine groups is 1. The molecule has 0 aliphatic heterocycles. The van der Waals surface area contributed by atoms with Gasteiger partial charge < -0.3 is 10.6 Å². The van der Waals surface area contributed by atoms with Gasteiger partial charge >= 0.3 is 0 Å². The highest BCUT2D eigenvalue weighted by molar-refractivity contribution is 14.0. The highest BCUT2D eigenvalue weighted by Gasteiger charge is 2.00. The monoisotopic (exact) mass is 458 g/mol. The van der Waals surface area contributed by atoms with Crippen LogP contribution in [0.4, 0.5) is 0 Å². The maximum absolute atomic E-state index is 4.49. The van der Waals surface area contributed by atoms with Gasteiger partial charge in [-0.05, 0) is 38.7 Å². The van der Waals surface area contributed by atoms with Crippen molar-refractivity contribution in [1.82, 2.24) is 15.6 Å². The van der Waals surface area contributed by atoms with Gasteiger partial charge in [-0.25, -0.2) is 4.98 Å². The topological polar surface area (TPSA) is 49.3 Å². The first-order valence-corrected chi connectivity index (χ1v) is 8.96. The SMILES string of the molecule is CN=C(NCCCCc1nc(C)cs1)NCc1ccc(C)cc1.I. The van der Waals surface area contributed by atoms with Gasteiger partial charge in [0.1, 0.15) is 0 Å². The summed E-state index contributed by atoms with van der Waals surface area (Å²) in [5.41, 5.74) is 3.67. The Hall–Kier alpha value is -1.15. The zero-order chi connectivity index (χ0) is 16.5. The minimum absolute atomic E-state index is 0. The number of aromatic nitrogens is 1. The van der Waals surface area contributed by atoms with Crippen LogP contribution in [0.5, 0.6) is 0 Å². The third-order valence-electron chi connectivity index (χ3n) is 3.58. The number of rotatable bonds is 7. The van der Waals surface area contributed by atoms with Gasteiger partial charge in [0.05, 0.1) is 5.01 Å². The van der Waals surface area contributed by atoms with E-state index in [4.69, 9.17) is 0 Å². The molecule has 1 aromatic heterocycles. The molecule has 0 spiro atoms. The van der Waals surface area contributed by atoms with Crippen molar-refractivity contribution in [1.29, 1.82) is 0 Å². The van der Waals surface area contributed by atoms with Crippen LogP contribution in [-0.2, 0) is 13.0 Å². The summed E-state index contributed by atoms with van der Waals surface area (Å²) in [4.78, 5) is 8.75. The second kappa shape index (κ2) is 11.4. The van der Waals surface area contributed by atoms with Gasteiger partial charge in [0, 0.05) is 31.2 Å². The number of hydrogen-bond donors (Lipinski definition) is 2. The lowest BCUT2D eigenvalue weighted by Crippen LogP contribution is -2.37. The van der Waals surface area contributed by atoms with Crippen molar-refractivity contribution in [2.75, 3.05) is 13.6 Å². The highest BCUT2D eigenvalue weighted by Crippen LogP contribution is 2.11. The van der Waals surface area contributed by atoms with Crippen LogP contribution in [0.2, 0.25) is 0 Å². The van der Waals surface area contributed by atoms with Crippen molar-refractivity contribution >= 4 is 41.3 Å². The Kier molecular flexibility index (Phi) is 9.94. The molecule has 0 radical (unpaired) electrons. The van der Waals surface area contributed by atoms with Crippen LogP contribution in [-0.4, -0.2) is 24.5 Å². The molecule has 6 heteroatoms. The Morgan fingerprint density at radius 2 is 1.88 bits per heavy atom. The third-order valence-corrected chi connectivity index (χ3v) is 4.61. The summed E-state index contributed by atoms with van der Waals surface area (Å²) < 4.78 is 0. The first-order chi connectivity index (χ1) is 11.2. The molecule has 0 saturated carbocycles. The van der Waals surface area contributed by atoms with Crippen LogP contribution in [0.1, 0.15) is 34.7 Å². The molecular formula is C18H27IN4S. The second-order valence-corrected chi connectivity index (χ2v) is 6.62. The number of nitrogens with one attached hydrogen (secondary N) is 2. The Balaban J connectivity index is 0.00000288. The largest absolute Gasteiger partial charge is 0.356 e. The summed E-state index contributed by atoms with van der Waals surface area (Å²) in [6.07, 6.45) is 3.33. The van der Waals surface area contributed by atoms with Crippen LogP contribution in [0, 0.1) is 13.8 Å². The van der Waals surface area contributed by atoms with Gasteiger partial charge in [0.15, 0.2) is 5.96 Å². The molecule has 0 aliphatic carbocycles.